The van der Waals surface area contributed by atoms with Gasteiger partial charge in [0.15, 0.2) is 5.13 Å². The Morgan fingerprint density at radius 3 is 2.86 bits per heavy atom. The highest BCUT2D eigenvalue weighted by atomic mass is 32.1. The van der Waals surface area contributed by atoms with Crippen molar-refractivity contribution in [2.75, 3.05) is 42.9 Å². The molecule has 1 aliphatic rings. The molecule has 1 amide bonds. The van der Waals surface area contributed by atoms with E-state index in [2.05, 4.69) is 30.1 Å². The third-order valence-electron chi connectivity index (χ3n) is 4.68. The summed E-state index contributed by atoms with van der Waals surface area (Å²) in [5.74, 6) is -1.26. The van der Waals surface area contributed by atoms with Gasteiger partial charge in [-0.15, -0.1) is 11.3 Å². The fourth-order valence-electron chi connectivity index (χ4n) is 3.32. The summed E-state index contributed by atoms with van der Waals surface area (Å²) in [4.78, 5) is 26.8. The van der Waals surface area contributed by atoms with Crippen LogP contribution in [-0.4, -0.2) is 58.5 Å². The second-order valence-corrected chi connectivity index (χ2v) is 7.67. The molecule has 0 unspecified atom stereocenters. The van der Waals surface area contributed by atoms with Gasteiger partial charge in [0.25, 0.3) is 0 Å². The lowest BCUT2D eigenvalue weighted by atomic mass is 10.2. The quantitative estimate of drug-likeness (QED) is 0.673. The molecule has 154 valence electrons. The third kappa shape index (κ3) is 4.67. The highest BCUT2D eigenvalue weighted by Crippen LogP contribution is 2.29. The third-order valence-corrected chi connectivity index (χ3v) is 5.51. The smallest absolute Gasteiger partial charge is 0.347 e. The van der Waals surface area contributed by atoms with E-state index in [-0.39, 0.29) is 23.5 Å². The van der Waals surface area contributed by atoms with Crippen molar-refractivity contribution in [1.29, 1.82) is 0 Å². The lowest BCUT2D eigenvalue weighted by Crippen LogP contribution is -2.36. The zero-order valence-corrected chi connectivity index (χ0v) is 16.2. The number of hydrogen-bond donors (Lipinski definition) is 2. The summed E-state index contributed by atoms with van der Waals surface area (Å²) >= 11 is 1.60. The summed E-state index contributed by atoms with van der Waals surface area (Å²) in [6.45, 7) is 3.44. The molecule has 29 heavy (non-hydrogen) atoms. The molecule has 11 heteroatoms. The van der Waals surface area contributed by atoms with E-state index in [1.807, 2.05) is 5.38 Å². The number of imidazole rings is 1. The lowest BCUT2D eigenvalue weighted by Gasteiger charge is -2.21. The average Bonchev–Trinajstić information content (AvgIpc) is 3.28. The molecule has 0 atom stereocenters. The molecule has 1 saturated heterocycles. The molecular formula is C18H19F3N6OS. The van der Waals surface area contributed by atoms with E-state index >= 15 is 0 Å². The SMILES string of the molecule is O=C(CN1CCCN(c2nccs2)CC1)Nc1ccc2nc(C(F)(F)F)[nH]c2c1. The van der Waals surface area contributed by atoms with Gasteiger partial charge in [0.2, 0.25) is 11.7 Å². The fourth-order valence-corrected chi connectivity index (χ4v) is 4.01. The molecule has 0 spiro atoms. The first-order valence-electron chi connectivity index (χ1n) is 9.12. The molecule has 1 fully saturated rings. The van der Waals surface area contributed by atoms with Crippen LogP contribution in [0.25, 0.3) is 11.0 Å². The van der Waals surface area contributed by atoms with Gasteiger partial charge in [-0.25, -0.2) is 9.97 Å². The van der Waals surface area contributed by atoms with Crippen molar-refractivity contribution in [2.45, 2.75) is 12.6 Å². The van der Waals surface area contributed by atoms with E-state index in [9.17, 15) is 18.0 Å². The minimum Gasteiger partial charge on any atom is -0.347 e. The number of fused-ring (bicyclic) bond motifs is 1. The van der Waals surface area contributed by atoms with Crippen molar-refractivity contribution in [3.63, 3.8) is 0 Å². The molecule has 3 heterocycles. The van der Waals surface area contributed by atoms with Crippen LogP contribution in [0.1, 0.15) is 12.2 Å². The maximum Gasteiger partial charge on any atom is 0.449 e. The van der Waals surface area contributed by atoms with Gasteiger partial charge in [-0.2, -0.15) is 13.2 Å². The van der Waals surface area contributed by atoms with E-state index in [0.717, 1.165) is 37.7 Å². The van der Waals surface area contributed by atoms with Crippen LogP contribution >= 0.6 is 11.3 Å². The molecule has 1 aromatic carbocycles. The Labute approximate surface area is 168 Å². The van der Waals surface area contributed by atoms with Crippen LogP contribution in [0.2, 0.25) is 0 Å². The maximum absolute atomic E-state index is 12.8. The predicted octanol–water partition coefficient (Wildman–Crippen LogP) is 3.19. The van der Waals surface area contributed by atoms with Crippen LogP contribution in [0.5, 0.6) is 0 Å². The lowest BCUT2D eigenvalue weighted by molar-refractivity contribution is -0.144. The topological polar surface area (TPSA) is 77.2 Å². The van der Waals surface area contributed by atoms with Crippen LogP contribution in [0.4, 0.5) is 24.0 Å². The van der Waals surface area contributed by atoms with E-state index in [4.69, 9.17) is 0 Å². The molecule has 0 aliphatic carbocycles. The largest absolute Gasteiger partial charge is 0.449 e. The van der Waals surface area contributed by atoms with Crippen molar-refractivity contribution >= 4 is 39.1 Å². The minimum atomic E-state index is -4.54. The summed E-state index contributed by atoms with van der Waals surface area (Å²) in [6.07, 6.45) is -1.83. The highest BCUT2D eigenvalue weighted by Gasteiger charge is 2.34. The number of aromatic amines is 1. The molecule has 4 rings (SSSR count). The summed E-state index contributed by atoms with van der Waals surface area (Å²) in [5, 5.41) is 5.69. The number of rotatable bonds is 4. The van der Waals surface area contributed by atoms with Crippen molar-refractivity contribution in [2.24, 2.45) is 0 Å². The van der Waals surface area contributed by atoms with E-state index < -0.39 is 12.0 Å². The van der Waals surface area contributed by atoms with Crippen LogP contribution in [0.15, 0.2) is 29.8 Å². The number of thiazole rings is 1. The van der Waals surface area contributed by atoms with Crippen LogP contribution in [-0.2, 0) is 11.0 Å². The number of carbonyl (C=O) groups is 1. The maximum atomic E-state index is 12.8. The number of carbonyl (C=O) groups excluding carboxylic acids is 1. The standard InChI is InChI=1S/C18H19F3N6OS/c19-18(20,21)16-24-13-3-2-12(10-14(13)25-16)23-15(28)11-26-5-1-6-27(8-7-26)17-22-4-9-29-17/h2-4,9-10H,1,5-8,11H2,(H,23,28)(H,24,25). The molecule has 1 aliphatic heterocycles. The summed E-state index contributed by atoms with van der Waals surface area (Å²) in [6, 6.07) is 4.46. The van der Waals surface area contributed by atoms with Crippen molar-refractivity contribution in [3.8, 4) is 0 Å². The molecule has 0 radical (unpaired) electrons. The van der Waals surface area contributed by atoms with Gasteiger partial charge in [-0.3, -0.25) is 9.69 Å². The number of aromatic nitrogens is 3. The predicted molar refractivity (Wildman–Crippen MR) is 105 cm³/mol. The summed E-state index contributed by atoms with van der Waals surface area (Å²) in [7, 11) is 0. The van der Waals surface area contributed by atoms with Gasteiger partial charge in [-0.05, 0) is 24.6 Å². The Morgan fingerprint density at radius 2 is 2.10 bits per heavy atom. The molecule has 3 aromatic rings. The molecular weight excluding hydrogens is 405 g/mol. The Balaban J connectivity index is 1.35. The number of amides is 1. The van der Waals surface area contributed by atoms with Crippen molar-refractivity contribution in [3.05, 3.63) is 35.6 Å². The number of halogens is 3. The fraction of sp³-hybridized carbons (Fsp3) is 0.389. The van der Waals surface area contributed by atoms with Crippen molar-refractivity contribution in [1.82, 2.24) is 19.9 Å². The van der Waals surface area contributed by atoms with E-state index in [0.29, 0.717) is 5.69 Å². The number of H-pyrrole nitrogens is 1. The molecule has 0 saturated carbocycles. The van der Waals surface area contributed by atoms with Gasteiger partial charge < -0.3 is 15.2 Å². The summed E-state index contributed by atoms with van der Waals surface area (Å²) < 4.78 is 38.3. The molecule has 2 N–H and O–H groups in total. The monoisotopic (exact) mass is 424 g/mol. The second-order valence-electron chi connectivity index (χ2n) is 6.79. The minimum absolute atomic E-state index is 0.199. The number of nitrogens with zero attached hydrogens (tertiary/aromatic N) is 4. The van der Waals surface area contributed by atoms with Crippen molar-refractivity contribution < 1.29 is 18.0 Å². The molecule has 0 bridgehead atoms. The first-order valence-corrected chi connectivity index (χ1v) is 10.00. The highest BCUT2D eigenvalue weighted by molar-refractivity contribution is 7.13. The first kappa shape index (κ1) is 19.6. The number of anilines is 2. The van der Waals surface area contributed by atoms with E-state index in [1.54, 1.807) is 23.6 Å². The number of nitrogens with one attached hydrogen (secondary N) is 2. The molecule has 2 aromatic heterocycles. The number of benzene rings is 1. The molecule has 7 nitrogen and oxygen atoms in total. The first-order chi connectivity index (χ1) is 13.9. The van der Waals surface area contributed by atoms with Crippen LogP contribution < -0.4 is 10.2 Å². The zero-order chi connectivity index (χ0) is 20.4. The van der Waals surface area contributed by atoms with Gasteiger partial charge in [0, 0.05) is 43.4 Å². The summed E-state index contributed by atoms with van der Waals surface area (Å²) in [5.41, 5.74) is 0.855. The average molecular weight is 424 g/mol. The Hall–Kier alpha value is -2.66. The van der Waals surface area contributed by atoms with Gasteiger partial charge in [-0.1, -0.05) is 0 Å². The Kier molecular flexibility index (Phi) is 5.41. The second kappa shape index (κ2) is 7.99. The number of alkyl halides is 3. The Morgan fingerprint density at radius 1 is 1.24 bits per heavy atom. The number of hydrogen-bond acceptors (Lipinski definition) is 6. The van der Waals surface area contributed by atoms with Gasteiger partial charge in [0.1, 0.15) is 0 Å². The van der Waals surface area contributed by atoms with Gasteiger partial charge >= 0.3 is 6.18 Å². The zero-order valence-electron chi connectivity index (χ0n) is 15.4. The van der Waals surface area contributed by atoms with Gasteiger partial charge in [0.05, 0.1) is 17.6 Å². The normalized spacial score (nSPS) is 16.2. The van der Waals surface area contributed by atoms with Crippen LogP contribution in [0, 0.1) is 0 Å². The van der Waals surface area contributed by atoms with Crippen LogP contribution in [0.3, 0.4) is 0 Å². The van der Waals surface area contributed by atoms with E-state index in [1.165, 1.54) is 12.1 Å². The Bertz CT molecular complexity index is 987.